The lowest BCUT2D eigenvalue weighted by atomic mass is 9.77. The van der Waals surface area contributed by atoms with Crippen molar-refractivity contribution < 1.29 is 28.9 Å². The lowest BCUT2D eigenvalue weighted by molar-refractivity contribution is -0.349. The minimum Gasteiger partial charge on any atom is -0.379 e. The van der Waals surface area contributed by atoms with Crippen molar-refractivity contribution in [3.8, 4) is 11.1 Å². The van der Waals surface area contributed by atoms with E-state index in [2.05, 4.69) is 28.7 Å². The van der Waals surface area contributed by atoms with Crippen LogP contribution in [0.4, 0.5) is 0 Å². The molecule has 1 saturated heterocycles. The number of benzene rings is 2. The molecule has 200 valence electrons. The average molecular weight is 522 g/mol. The average Bonchev–Trinajstić information content (AvgIpc) is 3.16. The molecule has 1 atom stereocenters. The van der Waals surface area contributed by atoms with Gasteiger partial charge in [-0.2, -0.15) is 0 Å². The van der Waals surface area contributed by atoms with Crippen LogP contribution in [0, 0.1) is 10.1 Å². The molecule has 0 radical (unpaired) electrons. The number of oxime groups is 1. The summed E-state index contributed by atoms with van der Waals surface area (Å²) in [6.07, 6.45) is 0.765. The molecule has 4 rings (SSSR count). The van der Waals surface area contributed by atoms with Gasteiger partial charge in [0, 0.05) is 36.6 Å². The first kappa shape index (κ1) is 27.3. The molecule has 0 aromatic heterocycles. The Hall–Kier alpha value is -3.76. The van der Waals surface area contributed by atoms with E-state index in [0.717, 1.165) is 35.6 Å². The Bertz CT molecular complexity index is 1360. The Labute approximate surface area is 220 Å². The topological polar surface area (TPSA) is 128 Å². The van der Waals surface area contributed by atoms with Crippen molar-refractivity contribution in [3.63, 3.8) is 0 Å². The normalized spacial score (nSPS) is 19.4. The molecule has 1 unspecified atom stereocenters. The molecular formula is C28H31N3O7. The number of morpholine rings is 1. The number of fused-ring (bicyclic) bond motifs is 3. The summed E-state index contributed by atoms with van der Waals surface area (Å²) in [7, 11) is 0. The lowest BCUT2D eigenvalue weighted by Crippen LogP contribution is -2.54. The first-order chi connectivity index (χ1) is 17.9. The molecule has 10 heteroatoms. The van der Waals surface area contributed by atoms with Crippen molar-refractivity contribution in [2.75, 3.05) is 26.3 Å². The van der Waals surface area contributed by atoms with E-state index < -0.39 is 28.1 Å². The van der Waals surface area contributed by atoms with Gasteiger partial charge in [-0.25, -0.2) is 9.63 Å². The SMILES string of the molecule is CCC1(C)c2ccc(C(=O)/C(=N/OC(C)=O)[N+](=O)[O-])cc2-c2cc(C(=O)C(C)(C)N3CCOCC3)ccc21. The van der Waals surface area contributed by atoms with Crippen LogP contribution in [-0.2, 0) is 19.8 Å². The molecule has 0 saturated carbocycles. The number of nitro groups is 1. The molecule has 10 nitrogen and oxygen atoms in total. The Balaban J connectivity index is 1.78. The van der Waals surface area contributed by atoms with Gasteiger partial charge in [0.05, 0.1) is 18.8 Å². The van der Waals surface area contributed by atoms with Crippen LogP contribution in [0.1, 0.15) is 72.9 Å². The van der Waals surface area contributed by atoms with E-state index in [0.29, 0.717) is 31.9 Å². The minimum atomic E-state index is -1.09. The Morgan fingerprint density at radius 1 is 1.08 bits per heavy atom. The molecule has 0 spiro atoms. The maximum Gasteiger partial charge on any atom is 0.458 e. The molecule has 0 bridgehead atoms. The van der Waals surface area contributed by atoms with Gasteiger partial charge in [0.15, 0.2) is 10.9 Å². The van der Waals surface area contributed by atoms with E-state index in [1.54, 1.807) is 12.1 Å². The van der Waals surface area contributed by atoms with Crippen molar-refractivity contribution in [1.82, 2.24) is 4.90 Å². The number of ketones is 2. The molecule has 2 aliphatic rings. The van der Waals surface area contributed by atoms with E-state index in [4.69, 9.17) is 4.74 Å². The van der Waals surface area contributed by atoms with Crippen molar-refractivity contribution in [1.29, 1.82) is 0 Å². The summed E-state index contributed by atoms with van der Waals surface area (Å²) in [5.74, 6) is -2.97. The molecule has 0 amide bonds. The largest absolute Gasteiger partial charge is 0.458 e. The predicted molar refractivity (Wildman–Crippen MR) is 140 cm³/mol. The maximum absolute atomic E-state index is 13.7. The summed E-state index contributed by atoms with van der Waals surface area (Å²) >= 11 is 0. The number of Topliss-reactive ketones (excluding diaryl/α,β-unsaturated/α-hetero) is 2. The van der Waals surface area contributed by atoms with Crippen LogP contribution in [-0.4, -0.2) is 65.0 Å². The number of ether oxygens (including phenoxy) is 1. The van der Waals surface area contributed by atoms with Gasteiger partial charge < -0.3 is 14.9 Å². The van der Waals surface area contributed by atoms with Crippen molar-refractivity contribution in [3.05, 3.63) is 68.8 Å². The summed E-state index contributed by atoms with van der Waals surface area (Å²) < 4.78 is 5.45. The first-order valence-electron chi connectivity index (χ1n) is 12.5. The minimum absolute atomic E-state index is 0.0229. The van der Waals surface area contributed by atoms with Gasteiger partial charge in [-0.3, -0.25) is 14.5 Å². The van der Waals surface area contributed by atoms with Gasteiger partial charge in [0.2, 0.25) is 0 Å². The highest BCUT2D eigenvalue weighted by atomic mass is 16.7. The third-order valence-electron chi connectivity index (χ3n) is 7.74. The Morgan fingerprint density at radius 3 is 2.16 bits per heavy atom. The zero-order valence-corrected chi connectivity index (χ0v) is 22.2. The second-order valence-corrected chi connectivity index (χ2v) is 10.3. The summed E-state index contributed by atoms with van der Waals surface area (Å²) in [6, 6.07) is 10.6. The van der Waals surface area contributed by atoms with E-state index in [1.165, 1.54) is 6.07 Å². The Morgan fingerprint density at radius 2 is 1.63 bits per heavy atom. The number of amidine groups is 1. The molecule has 38 heavy (non-hydrogen) atoms. The van der Waals surface area contributed by atoms with Crippen LogP contribution in [0.15, 0.2) is 41.6 Å². The van der Waals surface area contributed by atoms with Crippen LogP contribution >= 0.6 is 0 Å². The van der Waals surface area contributed by atoms with E-state index in [1.807, 2.05) is 32.0 Å². The summed E-state index contributed by atoms with van der Waals surface area (Å²) in [6.45, 7) is 11.5. The fraction of sp³-hybridized carbons (Fsp3) is 0.429. The summed E-state index contributed by atoms with van der Waals surface area (Å²) in [4.78, 5) is 54.8. The quantitative estimate of drug-likeness (QED) is 0.133. The van der Waals surface area contributed by atoms with Crippen molar-refractivity contribution in [2.24, 2.45) is 5.16 Å². The van der Waals surface area contributed by atoms with E-state index in [-0.39, 0.29) is 16.8 Å². The number of nitrogens with zero attached hydrogens (tertiary/aromatic N) is 3. The molecular weight excluding hydrogens is 490 g/mol. The smallest absolute Gasteiger partial charge is 0.379 e. The van der Waals surface area contributed by atoms with Crippen LogP contribution < -0.4 is 0 Å². The molecule has 0 N–H and O–H groups in total. The number of hydrogen-bond acceptors (Lipinski definition) is 9. The van der Waals surface area contributed by atoms with Gasteiger partial charge in [-0.1, -0.05) is 38.1 Å². The van der Waals surface area contributed by atoms with Gasteiger partial charge in [0.25, 0.3) is 5.78 Å². The van der Waals surface area contributed by atoms with Crippen LogP contribution in [0.5, 0.6) is 0 Å². The molecule has 1 fully saturated rings. The standard InChI is InChI=1S/C28H31N3O7/c1-6-28(5)22-9-7-18(24(33)26(31(35)36)29-38-17(2)32)15-20(22)21-16-19(8-10-23(21)28)25(34)27(3,4)30-11-13-37-14-12-30/h7-10,15-16H,6,11-14H2,1-5H3/b29-26-. The van der Waals surface area contributed by atoms with Gasteiger partial charge in [-0.15, -0.1) is 0 Å². The molecule has 1 aliphatic heterocycles. The van der Waals surface area contributed by atoms with Crippen molar-refractivity contribution in [2.45, 2.75) is 52.0 Å². The van der Waals surface area contributed by atoms with Gasteiger partial charge in [-0.05, 0) is 59.6 Å². The molecule has 1 heterocycles. The third-order valence-corrected chi connectivity index (χ3v) is 7.74. The first-order valence-corrected chi connectivity index (χ1v) is 12.5. The van der Waals surface area contributed by atoms with Gasteiger partial charge in [0.1, 0.15) is 0 Å². The third kappa shape index (κ3) is 4.65. The molecule has 2 aromatic carbocycles. The molecule has 1 aliphatic carbocycles. The number of carbonyl (C=O) groups excluding carboxylic acids is 3. The van der Waals surface area contributed by atoms with Crippen LogP contribution in [0.3, 0.4) is 0 Å². The second kappa shape index (κ2) is 10.2. The highest BCUT2D eigenvalue weighted by Gasteiger charge is 2.41. The predicted octanol–water partition coefficient (Wildman–Crippen LogP) is 4.01. The van der Waals surface area contributed by atoms with E-state index in [9.17, 15) is 24.5 Å². The highest BCUT2D eigenvalue weighted by molar-refractivity contribution is 6.42. The maximum atomic E-state index is 13.7. The zero-order valence-electron chi connectivity index (χ0n) is 22.2. The molecule has 2 aromatic rings. The Kier molecular flexibility index (Phi) is 7.31. The summed E-state index contributed by atoms with van der Waals surface area (Å²) in [5.41, 5.74) is 2.98. The van der Waals surface area contributed by atoms with Crippen LogP contribution in [0.2, 0.25) is 0 Å². The monoisotopic (exact) mass is 521 g/mol. The number of hydrogen-bond donors (Lipinski definition) is 0. The fourth-order valence-electron chi connectivity index (χ4n) is 5.32. The highest BCUT2D eigenvalue weighted by Crippen LogP contribution is 2.51. The van der Waals surface area contributed by atoms with E-state index >= 15 is 0 Å². The van der Waals surface area contributed by atoms with Crippen LogP contribution in [0.25, 0.3) is 11.1 Å². The zero-order chi connectivity index (χ0) is 27.8. The number of carbonyl (C=O) groups is 3. The second-order valence-electron chi connectivity index (χ2n) is 10.3. The number of rotatable bonds is 7. The lowest BCUT2D eigenvalue weighted by Gasteiger charge is -2.39. The van der Waals surface area contributed by atoms with Crippen molar-refractivity contribution >= 4 is 23.4 Å². The fourth-order valence-corrected chi connectivity index (χ4v) is 5.32. The summed E-state index contributed by atoms with van der Waals surface area (Å²) in [5, 5.41) is 14.6. The van der Waals surface area contributed by atoms with Gasteiger partial charge >= 0.3 is 11.8 Å².